The average molecular weight is 601 g/mol. The van der Waals surface area contributed by atoms with Gasteiger partial charge >= 0.3 is 0 Å². The van der Waals surface area contributed by atoms with Gasteiger partial charge in [-0.15, -0.1) is 0 Å². The molecule has 3 aromatic rings. The summed E-state index contributed by atoms with van der Waals surface area (Å²) in [7, 11) is 1.57. The third kappa shape index (κ3) is 5.93. The van der Waals surface area contributed by atoms with E-state index in [1.165, 1.54) is 12.4 Å². The second-order valence-corrected chi connectivity index (χ2v) is 8.43. The van der Waals surface area contributed by atoms with Gasteiger partial charge in [0.2, 0.25) is 0 Å². The lowest BCUT2D eigenvalue weighted by Crippen LogP contribution is -2.18. The Balaban J connectivity index is 1.70. The molecular formula is C21H16BrClIN3O3. The fourth-order valence-electron chi connectivity index (χ4n) is 2.47. The van der Waals surface area contributed by atoms with Gasteiger partial charge in [0.05, 0.1) is 22.5 Å². The molecule has 1 N–H and O–H groups in total. The van der Waals surface area contributed by atoms with E-state index in [0.717, 1.165) is 19.2 Å². The molecule has 0 radical (unpaired) electrons. The minimum atomic E-state index is -0.444. The van der Waals surface area contributed by atoms with Crippen molar-refractivity contribution in [3.05, 3.63) is 84.6 Å². The van der Waals surface area contributed by atoms with E-state index in [1.54, 1.807) is 25.3 Å². The van der Waals surface area contributed by atoms with Crippen LogP contribution < -0.4 is 14.9 Å². The molecule has 0 atom stereocenters. The summed E-state index contributed by atoms with van der Waals surface area (Å²) in [6.07, 6.45) is 3.03. The zero-order valence-electron chi connectivity index (χ0n) is 15.7. The molecule has 0 fully saturated rings. The lowest BCUT2D eigenvalue weighted by atomic mass is 10.2. The van der Waals surface area contributed by atoms with Gasteiger partial charge in [0.15, 0.2) is 11.5 Å². The van der Waals surface area contributed by atoms with Crippen molar-refractivity contribution in [1.29, 1.82) is 0 Å². The number of pyridine rings is 1. The van der Waals surface area contributed by atoms with Crippen molar-refractivity contribution in [2.75, 3.05) is 7.11 Å². The molecule has 2 aromatic carbocycles. The fraction of sp³-hybridized carbons (Fsp3) is 0.0952. The van der Waals surface area contributed by atoms with Crippen molar-refractivity contribution < 1.29 is 14.3 Å². The number of aromatic nitrogens is 1. The van der Waals surface area contributed by atoms with E-state index in [1.807, 2.05) is 30.3 Å². The molecule has 6 nitrogen and oxygen atoms in total. The molecule has 3 rings (SSSR count). The largest absolute Gasteiger partial charge is 0.493 e. The van der Waals surface area contributed by atoms with Crippen LogP contribution in [-0.4, -0.2) is 24.2 Å². The second-order valence-electron chi connectivity index (χ2n) is 5.99. The molecule has 0 saturated heterocycles. The molecule has 0 saturated carbocycles. The zero-order chi connectivity index (χ0) is 21.5. The fourth-order valence-corrected chi connectivity index (χ4v) is 3.72. The molecule has 0 aliphatic carbocycles. The minimum absolute atomic E-state index is 0.119. The predicted octanol–water partition coefficient (Wildman–Crippen LogP) is 5.45. The van der Waals surface area contributed by atoms with Crippen LogP contribution in [0.5, 0.6) is 11.5 Å². The highest BCUT2D eigenvalue weighted by Gasteiger charge is 2.12. The van der Waals surface area contributed by atoms with E-state index in [4.69, 9.17) is 21.1 Å². The SMILES string of the molecule is COc1cc(C=NNC(=O)c2cccnc2Cl)cc(I)c1OCc1ccc(Br)cc1. The number of ether oxygens (including phenoxy) is 2. The summed E-state index contributed by atoms with van der Waals surface area (Å²) in [5, 5.41) is 4.11. The van der Waals surface area contributed by atoms with Crippen LogP contribution in [-0.2, 0) is 6.61 Å². The van der Waals surface area contributed by atoms with Crippen molar-refractivity contribution in [2.45, 2.75) is 6.61 Å². The lowest BCUT2D eigenvalue weighted by molar-refractivity contribution is 0.0955. The number of nitrogens with one attached hydrogen (secondary N) is 1. The van der Waals surface area contributed by atoms with Gasteiger partial charge in [0.1, 0.15) is 11.8 Å². The van der Waals surface area contributed by atoms with Crippen LogP contribution >= 0.6 is 50.1 Å². The molecule has 1 amide bonds. The monoisotopic (exact) mass is 599 g/mol. The van der Waals surface area contributed by atoms with Crippen LogP contribution in [0.25, 0.3) is 0 Å². The number of carbonyl (C=O) groups is 1. The van der Waals surface area contributed by atoms with Gasteiger partial charge in [-0.3, -0.25) is 4.79 Å². The van der Waals surface area contributed by atoms with Gasteiger partial charge in [-0.2, -0.15) is 5.10 Å². The lowest BCUT2D eigenvalue weighted by Gasteiger charge is -2.13. The number of benzene rings is 2. The van der Waals surface area contributed by atoms with Crippen LogP contribution in [0.2, 0.25) is 5.15 Å². The van der Waals surface area contributed by atoms with Crippen LogP contribution in [0.4, 0.5) is 0 Å². The van der Waals surface area contributed by atoms with E-state index in [2.05, 4.69) is 54.0 Å². The first kappa shape index (κ1) is 22.5. The summed E-state index contributed by atoms with van der Waals surface area (Å²) < 4.78 is 13.3. The summed E-state index contributed by atoms with van der Waals surface area (Å²) in [4.78, 5) is 16.0. The summed E-state index contributed by atoms with van der Waals surface area (Å²) in [6.45, 7) is 0.412. The normalized spacial score (nSPS) is 10.8. The van der Waals surface area contributed by atoms with Crippen LogP contribution in [0.15, 0.2) is 64.3 Å². The number of amides is 1. The van der Waals surface area contributed by atoms with Gasteiger partial charge in [-0.25, -0.2) is 10.4 Å². The van der Waals surface area contributed by atoms with Crippen molar-refractivity contribution in [3.8, 4) is 11.5 Å². The number of halogens is 3. The molecule has 1 heterocycles. The second kappa shape index (κ2) is 10.7. The highest BCUT2D eigenvalue weighted by molar-refractivity contribution is 14.1. The Hall–Kier alpha value is -2.17. The quantitative estimate of drug-likeness (QED) is 0.169. The number of nitrogens with zero attached hydrogens (tertiary/aromatic N) is 2. The van der Waals surface area contributed by atoms with Gasteiger partial charge < -0.3 is 9.47 Å². The Morgan fingerprint density at radius 2 is 2.07 bits per heavy atom. The summed E-state index contributed by atoms with van der Waals surface area (Å²) in [5.74, 6) is 0.770. The van der Waals surface area contributed by atoms with Crippen LogP contribution in [0, 0.1) is 3.57 Å². The van der Waals surface area contributed by atoms with E-state index in [0.29, 0.717) is 18.1 Å². The molecule has 1 aromatic heterocycles. The maximum atomic E-state index is 12.1. The number of hydrogen-bond acceptors (Lipinski definition) is 5. The molecule has 0 aliphatic heterocycles. The third-order valence-corrected chi connectivity index (χ3v) is 5.56. The zero-order valence-corrected chi connectivity index (χ0v) is 20.2. The van der Waals surface area contributed by atoms with Crippen LogP contribution in [0.3, 0.4) is 0 Å². The molecule has 30 heavy (non-hydrogen) atoms. The molecule has 0 unspecified atom stereocenters. The Morgan fingerprint density at radius 3 is 2.77 bits per heavy atom. The van der Waals surface area contributed by atoms with Gasteiger partial charge in [-0.1, -0.05) is 39.7 Å². The molecule has 0 bridgehead atoms. The first-order valence-electron chi connectivity index (χ1n) is 8.66. The number of hydrazone groups is 1. The van der Waals surface area contributed by atoms with Crippen molar-refractivity contribution in [1.82, 2.24) is 10.4 Å². The van der Waals surface area contributed by atoms with Crippen molar-refractivity contribution in [2.24, 2.45) is 5.10 Å². The Morgan fingerprint density at radius 1 is 1.30 bits per heavy atom. The Kier molecular flexibility index (Phi) is 8.06. The molecule has 0 aliphatic rings. The summed E-state index contributed by atoms with van der Waals surface area (Å²) >= 11 is 11.5. The van der Waals surface area contributed by atoms with Crippen molar-refractivity contribution in [3.63, 3.8) is 0 Å². The van der Waals surface area contributed by atoms with E-state index in [-0.39, 0.29) is 10.7 Å². The number of methoxy groups -OCH3 is 1. The van der Waals surface area contributed by atoms with E-state index < -0.39 is 5.91 Å². The highest BCUT2D eigenvalue weighted by Crippen LogP contribution is 2.34. The van der Waals surface area contributed by atoms with E-state index >= 15 is 0 Å². The van der Waals surface area contributed by atoms with Gasteiger partial charge in [-0.05, 0) is 70.1 Å². The maximum Gasteiger partial charge on any atom is 0.274 e. The average Bonchev–Trinajstić information content (AvgIpc) is 2.74. The number of carbonyl (C=O) groups excluding carboxylic acids is 1. The smallest absolute Gasteiger partial charge is 0.274 e. The third-order valence-electron chi connectivity index (χ3n) is 3.93. The Labute approximate surface area is 200 Å². The number of rotatable bonds is 7. The van der Waals surface area contributed by atoms with E-state index in [9.17, 15) is 4.79 Å². The van der Waals surface area contributed by atoms with Gasteiger partial charge in [0.25, 0.3) is 5.91 Å². The molecule has 9 heteroatoms. The van der Waals surface area contributed by atoms with Gasteiger partial charge in [0, 0.05) is 10.7 Å². The predicted molar refractivity (Wildman–Crippen MR) is 128 cm³/mol. The first-order valence-corrected chi connectivity index (χ1v) is 10.9. The molecule has 0 spiro atoms. The van der Waals surface area contributed by atoms with Crippen LogP contribution in [0.1, 0.15) is 21.5 Å². The minimum Gasteiger partial charge on any atom is -0.493 e. The summed E-state index contributed by atoms with van der Waals surface area (Å²) in [6, 6.07) is 14.8. The van der Waals surface area contributed by atoms with Crippen molar-refractivity contribution >= 4 is 62.2 Å². The summed E-state index contributed by atoms with van der Waals surface area (Å²) in [5.41, 5.74) is 4.47. The highest BCUT2D eigenvalue weighted by atomic mass is 127. The standard InChI is InChI=1S/C21H16BrClIN3O3/c1-29-18-10-14(11-26-27-21(28)16-3-2-8-25-20(16)23)9-17(24)19(18)30-12-13-4-6-15(22)7-5-13/h2-11H,12H2,1H3,(H,27,28). The number of hydrogen-bond donors (Lipinski definition) is 1. The maximum absolute atomic E-state index is 12.1. The molecule has 154 valence electrons. The first-order chi connectivity index (χ1) is 14.5. The molecular weight excluding hydrogens is 585 g/mol. The Bertz CT molecular complexity index is 1080. The topological polar surface area (TPSA) is 72.8 Å².